The molecule has 1 amide bonds. The van der Waals surface area contributed by atoms with Crippen LogP contribution in [0.4, 0.5) is 0 Å². The quantitative estimate of drug-likeness (QED) is 0.931. The van der Waals surface area contributed by atoms with Crippen molar-refractivity contribution in [3.8, 4) is 0 Å². The Balaban J connectivity index is 2.11. The van der Waals surface area contributed by atoms with Crippen LogP contribution in [0.25, 0.3) is 0 Å². The van der Waals surface area contributed by atoms with Gasteiger partial charge in [-0.3, -0.25) is 4.79 Å². The summed E-state index contributed by atoms with van der Waals surface area (Å²) in [6.45, 7) is 8.09. The molecule has 4 nitrogen and oxygen atoms in total. The third-order valence-electron chi connectivity index (χ3n) is 4.71. The Morgan fingerprint density at radius 3 is 2.62 bits per heavy atom. The summed E-state index contributed by atoms with van der Waals surface area (Å²) in [5.74, 6) is -0.373. The predicted octanol–water partition coefficient (Wildman–Crippen LogP) is 2.82. The molecule has 0 spiro atoms. The molecule has 2 rings (SSSR count). The minimum Gasteiger partial charge on any atom is -0.478 e. The third-order valence-corrected chi connectivity index (χ3v) is 4.71. The molecule has 1 saturated heterocycles. The molecular weight excluding hydrogens is 266 g/mol. The highest BCUT2D eigenvalue weighted by molar-refractivity contribution is 5.91. The van der Waals surface area contributed by atoms with Crippen LogP contribution >= 0.6 is 0 Å². The van der Waals surface area contributed by atoms with Gasteiger partial charge in [0.15, 0.2) is 0 Å². The van der Waals surface area contributed by atoms with Crippen molar-refractivity contribution in [2.75, 3.05) is 13.1 Å². The number of piperidine rings is 1. The smallest absolute Gasteiger partial charge is 0.335 e. The van der Waals surface area contributed by atoms with E-state index >= 15 is 0 Å². The maximum absolute atomic E-state index is 12.5. The van der Waals surface area contributed by atoms with Gasteiger partial charge < -0.3 is 10.0 Å². The largest absolute Gasteiger partial charge is 0.478 e. The lowest BCUT2D eigenvalue weighted by molar-refractivity contribution is -0.134. The fourth-order valence-electron chi connectivity index (χ4n) is 2.84. The lowest BCUT2D eigenvalue weighted by Gasteiger charge is -2.43. The molecule has 1 aromatic rings. The van der Waals surface area contributed by atoms with Crippen molar-refractivity contribution in [2.45, 2.75) is 33.6 Å². The van der Waals surface area contributed by atoms with E-state index < -0.39 is 5.97 Å². The molecule has 1 atom stereocenters. The van der Waals surface area contributed by atoms with Crippen LogP contribution in [-0.2, 0) is 11.2 Å². The summed E-state index contributed by atoms with van der Waals surface area (Å²) in [6.07, 6.45) is 1.16. The van der Waals surface area contributed by atoms with E-state index in [1.54, 1.807) is 24.3 Å². The Bertz CT molecular complexity index is 551. The second-order valence-electron chi connectivity index (χ2n) is 6.63. The summed E-state index contributed by atoms with van der Waals surface area (Å²) in [5, 5.41) is 9.18. The van der Waals surface area contributed by atoms with E-state index in [9.17, 15) is 14.7 Å². The van der Waals surface area contributed by atoms with Gasteiger partial charge in [-0.05, 0) is 29.4 Å². The van der Waals surface area contributed by atoms with Gasteiger partial charge >= 0.3 is 5.97 Å². The summed E-state index contributed by atoms with van der Waals surface area (Å²) in [4.78, 5) is 25.5. The molecule has 1 aliphatic heterocycles. The molecule has 0 aliphatic carbocycles. The van der Waals surface area contributed by atoms with Crippen LogP contribution in [0.5, 0.6) is 0 Å². The van der Waals surface area contributed by atoms with Gasteiger partial charge in [-0.2, -0.15) is 0 Å². The second kappa shape index (κ2) is 5.88. The molecule has 1 aromatic carbocycles. The van der Waals surface area contributed by atoms with Gasteiger partial charge in [0.25, 0.3) is 0 Å². The summed E-state index contributed by atoms with van der Waals surface area (Å²) in [5.41, 5.74) is 0.919. The molecule has 1 heterocycles. The first kappa shape index (κ1) is 15.5. The summed E-state index contributed by atoms with van der Waals surface area (Å²) in [6, 6.07) is 6.73. The van der Waals surface area contributed by atoms with E-state index in [0.717, 1.165) is 19.5 Å². The van der Waals surface area contributed by atoms with Crippen LogP contribution < -0.4 is 0 Å². The second-order valence-corrected chi connectivity index (χ2v) is 6.63. The van der Waals surface area contributed by atoms with Crippen LogP contribution in [0, 0.1) is 11.3 Å². The Morgan fingerprint density at radius 2 is 2.00 bits per heavy atom. The molecule has 1 N–H and O–H groups in total. The van der Waals surface area contributed by atoms with Gasteiger partial charge in [0, 0.05) is 13.1 Å². The molecule has 1 unspecified atom stereocenters. The molecule has 21 heavy (non-hydrogen) atoms. The Morgan fingerprint density at radius 1 is 1.33 bits per heavy atom. The molecular formula is C17H23NO3. The van der Waals surface area contributed by atoms with E-state index in [0.29, 0.717) is 11.5 Å². The zero-order valence-electron chi connectivity index (χ0n) is 12.9. The number of aromatic carboxylic acids is 1. The monoisotopic (exact) mass is 289 g/mol. The molecule has 4 heteroatoms. The van der Waals surface area contributed by atoms with Crippen LogP contribution in [0.1, 0.15) is 43.1 Å². The molecule has 0 bridgehead atoms. The first-order chi connectivity index (χ1) is 9.81. The third kappa shape index (κ3) is 3.43. The standard InChI is InChI=1S/C17H23NO3/c1-12-8-9-18(11-17(12,2)3)15(19)10-13-6-4-5-7-14(13)16(20)21/h4-7,12H,8-11H2,1-3H3,(H,20,21). The van der Waals surface area contributed by atoms with Crippen molar-refractivity contribution < 1.29 is 14.7 Å². The van der Waals surface area contributed by atoms with E-state index in [2.05, 4.69) is 20.8 Å². The molecule has 1 aliphatic rings. The van der Waals surface area contributed by atoms with Gasteiger partial charge in [0.2, 0.25) is 5.91 Å². The van der Waals surface area contributed by atoms with Crippen molar-refractivity contribution in [1.29, 1.82) is 0 Å². The topological polar surface area (TPSA) is 57.6 Å². The van der Waals surface area contributed by atoms with Crippen molar-refractivity contribution in [3.63, 3.8) is 0 Å². The highest BCUT2D eigenvalue weighted by Crippen LogP contribution is 2.34. The molecule has 0 aromatic heterocycles. The maximum atomic E-state index is 12.5. The first-order valence-corrected chi connectivity index (χ1v) is 7.40. The van der Waals surface area contributed by atoms with E-state index in [1.807, 2.05) is 4.90 Å². The number of hydrogen-bond donors (Lipinski definition) is 1. The van der Waals surface area contributed by atoms with Crippen LogP contribution in [-0.4, -0.2) is 35.0 Å². The summed E-state index contributed by atoms with van der Waals surface area (Å²) >= 11 is 0. The first-order valence-electron chi connectivity index (χ1n) is 7.40. The van der Waals surface area contributed by atoms with E-state index in [4.69, 9.17) is 0 Å². The number of likely N-dealkylation sites (tertiary alicyclic amines) is 1. The highest BCUT2D eigenvalue weighted by atomic mass is 16.4. The summed E-state index contributed by atoms with van der Waals surface area (Å²) < 4.78 is 0. The van der Waals surface area contributed by atoms with Gasteiger partial charge in [-0.1, -0.05) is 39.0 Å². The fourth-order valence-corrected chi connectivity index (χ4v) is 2.84. The van der Waals surface area contributed by atoms with Gasteiger partial charge in [0.1, 0.15) is 0 Å². The lowest BCUT2D eigenvalue weighted by atomic mass is 9.75. The number of carboxylic acid groups (broad SMARTS) is 1. The maximum Gasteiger partial charge on any atom is 0.335 e. The van der Waals surface area contributed by atoms with E-state index in [1.165, 1.54) is 0 Å². The fraction of sp³-hybridized carbons (Fsp3) is 0.529. The number of nitrogens with zero attached hydrogens (tertiary/aromatic N) is 1. The number of carbonyl (C=O) groups is 2. The average molecular weight is 289 g/mol. The molecule has 0 radical (unpaired) electrons. The minimum atomic E-state index is -0.981. The van der Waals surface area contributed by atoms with Crippen LogP contribution in [0.2, 0.25) is 0 Å². The van der Waals surface area contributed by atoms with Gasteiger partial charge in [0.05, 0.1) is 12.0 Å². The zero-order chi connectivity index (χ0) is 15.6. The number of rotatable bonds is 3. The minimum absolute atomic E-state index is 0.0173. The average Bonchev–Trinajstić information content (AvgIpc) is 2.42. The van der Waals surface area contributed by atoms with Crippen molar-refractivity contribution in [2.24, 2.45) is 11.3 Å². The Labute approximate surface area is 125 Å². The van der Waals surface area contributed by atoms with E-state index in [-0.39, 0.29) is 23.3 Å². The Kier molecular flexibility index (Phi) is 4.35. The number of hydrogen-bond acceptors (Lipinski definition) is 2. The SMILES string of the molecule is CC1CCN(C(=O)Cc2ccccc2C(=O)O)CC1(C)C. The van der Waals surface area contributed by atoms with Crippen molar-refractivity contribution in [3.05, 3.63) is 35.4 Å². The van der Waals surface area contributed by atoms with Crippen LogP contribution in [0.3, 0.4) is 0 Å². The number of carboxylic acids is 1. The highest BCUT2D eigenvalue weighted by Gasteiger charge is 2.34. The predicted molar refractivity (Wildman–Crippen MR) is 81.2 cm³/mol. The zero-order valence-corrected chi connectivity index (χ0v) is 12.9. The molecule has 114 valence electrons. The molecule has 1 fully saturated rings. The van der Waals surface area contributed by atoms with Crippen LogP contribution in [0.15, 0.2) is 24.3 Å². The lowest BCUT2D eigenvalue weighted by Crippen LogP contribution is -2.48. The van der Waals surface area contributed by atoms with Crippen molar-refractivity contribution >= 4 is 11.9 Å². The normalized spacial score (nSPS) is 21.1. The van der Waals surface area contributed by atoms with Crippen molar-refractivity contribution in [1.82, 2.24) is 4.90 Å². The summed E-state index contributed by atoms with van der Waals surface area (Å²) in [7, 11) is 0. The Hall–Kier alpha value is -1.84. The van der Waals surface area contributed by atoms with Gasteiger partial charge in [-0.25, -0.2) is 4.79 Å². The number of benzene rings is 1. The number of amides is 1. The molecule has 0 saturated carbocycles. The van der Waals surface area contributed by atoms with Gasteiger partial charge in [-0.15, -0.1) is 0 Å². The number of carbonyl (C=O) groups excluding carboxylic acids is 1.